The Bertz CT molecular complexity index is 604. The molecule has 0 aliphatic heterocycles. The van der Waals surface area contributed by atoms with Crippen molar-refractivity contribution in [2.75, 3.05) is 0 Å². The number of rotatable bonds is 5. The van der Waals surface area contributed by atoms with Crippen molar-refractivity contribution in [3.8, 4) is 5.75 Å². The van der Waals surface area contributed by atoms with E-state index in [0.29, 0.717) is 18.3 Å². The van der Waals surface area contributed by atoms with Gasteiger partial charge in [0.05, 0.1) is 11.3 Å². The van der Waals surface area contributed by atoms with Gasteiger partial charge in [-0.25, -0.2) is 9.78 Å². The summed E-state index contributed by atoms with van der Waals surface area (Å²) in [5, 5.41) is 11.9. The molecule has 0 spiro atoms. The lowest BCUT2D eigenvalue weighted by Crippen LogP contribution is -1.99. The zero-order valence-electron chi connectivity index (χ0n) is 10.2. The van der Waals surface area contributed by atoms with E-state index in [4.69, 9.17) is 9.84 Å². The van der Waals surface area contributed by atoms with Gasteiger partial charge in [-0.2, -0.15) is 0 Å². The lowest BCUT2D eigenvalue weighted by atomic mass is 10.2. The Kier molecular flexibility index (Phi) is 3.21. The van der Waals surface area contributed by atoms with Crippen molar-refractivity contribution < 1.29 is 14.6 Å². The minimum Gasteiger partial charge on any atom is -0.486 e. The number of aromatic nitrogens is 1. The smallest absolute Gasteiger partial charge is 0.335 e. The minimum atomic E-state index is -0.948. The van der Waals surface area contributed by atoms with Gasteiger partial charge >= 0.3 is 5.97 Å². The molecule has 3 rings (SSSR count). The Morgan fingerprint density at radius 2 is 2.32 bits per heavy atom. The molecule has 1 aliphatic rings. The zero-order valence-corrected chi connectivity index (χ0v) is 11.0. The lowest BCUT2D eigenvalue weighted by Gasteiger charge is -2.04. The quantitative estimate of drug-likeness (QED) is 0.909. The Labute approximate surface area is 114 Å². The summed E-state index contributed by atoms with van der Waals surface area (Å²) < 4.78 is 5.58. The summed E-state index contributed by atoms with van der Waals surface area (Å²) in [5.41, 5.74) is 1.40. The van der Waals surface area contributed by atoms with Gasteiger partial charge in [-0.05, 0) is 31.0 Å². The van der Waals surface area contributed by atoms with Crippen LogP contribution in [0, 0.1) is 0 Å². The highest BCUT2D eigenvalue weighted by Gasteiger charge is 2.25. The largest absolute Gasteiger partial charge is 0.486 e. The molecule has 1 aliphatic carbocycles. The topological polar surface area (TPSA) is 59.4 Å². The van der Waals surface area contributed by atoms with Crippen LogP contribution in [0.3, 0.4) is 0 Å². The predicted molar refractivity (Wildman–Crippen MR) is 71.8 cm³/mol. The van der Waals surface area contributed by atoms with E-state index < -0.39 is 5.97 Å². The second-order valence-corrected chi connectivity index (χ2v) is 5.50. The van der Waals surface area contributed by atoms with Crippen LogP contribution in [0.1, 0.15) is 39.8 Å². The van der Waals surface area contributed by atoms with Gasteiger partial charge < -0.3 is 9.84 Å². The van der Waals surface area contributed by atoms with Gasteiger partial charge in [0.1, 0.15) is 17.4 Å². The van der Waals surface area contributed by atoms with Gasteiger partial charge in [0.25, 0.3) is 0 Å². The average molecular weight is 275 g/mol. The monoisotopic (exact) mass is 275 g/mol. The van der Waals surface area contributed by atoms with Crippen LogP contribution in [-0.2, 0) is 6.61 Å². The molecule has 1 fully saturated rings. The SMILES string of the molecule is O=C(O)c1cccc(OCc2nc(C3CC3)cs2)c1. The van der Waals surface area contributed by atoms with Crippen molar-refractivity contribution in [3.05, 3.63) is 45.9 Å². The first-order chi connectivity index (χ1) is 9.22. The number of hydrogen-bond acceptors (Lipinski definition) is 4. The number of nitrogens with zero attached hydrogens (tertiary/aromatic N) is 1. The maximum Gasteiger partial charge on any atom is 0.335 e. The molecule has 0 bridgehead atoms. The van der Waals surface area contributed by atoms with E-state index in [1.165, 1.54) is 24.6 Å². The van der Waals surface area contributed by atoms with Crippen LogP contribution in [-0.4, -0.2) is 16.1 Å². The molecular formula is C14H13NO3S. The molecule has 0 saturated heterocycles. The van der Waals surface area contributed by atoms with Gasteiger partial charge in [-0.1, -0.05) is 6.07 Å². The molecule has 0 radical (unpaired) electrons. The van der Waals surface area contributed by atoms with Crippen molar-refractivity contribution in [2.24, 2.45) is 0 Å². The van der Waals surface area contributed by atoms with E-state index in [-0.39, 0.29) is 5.56 Å². The summed E-state index contributed by atoms with van der Waals surface area (Å²) in [7, 11) is 0. The number of aromatic carboxylic acids is 1. The fraction of sp³-hybridized carbons (Fsp3) is 0.286. The number of carboxylic acid groups (broad SMARTS) is 1. The first kappa shape index (κ1) is 12.2. The normalized spacial score (nSPS) is 14.3. The van der Waals surface area contributed by atoms with Crippen molar-refractivity contribution >= 4 is 17.3 Å². The van der Waals surface area contributed by atoms with E-state index in [0.717, 1.165) is 5.01 Å². The highest BCUT2D eigenvalue weighted by atomic mass is 32.1. The Morgan fingerprint density at radius 3 is 3.05 bits per heavy atom. The van der Waals surface area contributed by atoms with E-state index in [1.54, 1.807) is 29.5 Å². The molecular weight excluding hydrogens is 262 g/mol. The van der Waals surface area contributed by atoms with Crippen LogP contribution >= 0.6 is 11.3 Å². The molecule has 1 N–H and O–H groups in total. The summed E-state index contributed by atoms with van der Waals surface area (Å²) in [6, 6.07) is 6.50. The lowest BCUT2D eigenvalue weighted by molar-refractivity contribution is 0.0696. The summed E-state index contributed by atoms with van der Waals surface area (Å²) in [6.07, 6.45) is 2.48. The molecule has 98 valence electrons. The molecule has 0 unspecified atom stereocenters. The number of carbonyl (C=O) groups is 1. The summed E-state index contributed by atoms with van der Waals surface area (Å²) in [5.74, 6) is 0.263. The fourth-order valence-corrected chi connectivity index (χ4v) is 2.61. The molecule has 1 aromatic carbocycles. The predicted octanol–water partition coefficient (Wildman–Crippen LogP) is 3.30. The van der Waals surface area contributed by atoms with Crippen LogP contribution in [0.2, 0.25) is 0 Å². The van der Waals surface area contributed by atoms with Crippen LogP contribution in [0.15, 0.2) is 29.6 Å². The van der Waals surface area contributed by atoms with E-state index >= 15 is 0 Å². The molecule has 1 aromatic heterocycles. The Morgan fingerprint density at radius 1 is 1.47 bits per heavy atom. The third-order valence-corrected chi connectivity index (χ3v) is 3.85. The minimum absolute atomic E-state index is 0.232. The first-order valence-electron chi connectivity index (χ1n) is 6.13. The van der Waals surface area contributed by atoms with Gasteiger partial charge in [0.2, 0.25) is 0 Å². The van der Waals surface area contributed by atoms with Gasteiger partial charge in [0.15, 0.2) is 0 Å². The summed E-state index contributed by atoms with van der Waals surface area (Å²) >= 11 is 1.60. The average Bonchev–Trinajstić information content (AvgIpc) is 3.16. The van der Waals surface area contributed by atoms with Crippen molar-refractivity contribution in [2.45, 2.75) is 25.4 Å². The zero-order chi connectivity index (χ0) is 13.2. The van der Waals surface area contributed by atoms with Crippen molar-refractivity contribution in [1.82, 2.24) is 4.98 Å². The van der Waals surface area contributed by atoms with Crippen molar-refractivity contribution in [3.63, 3.8) is 0 Å². The van der Waals surface area contributed by atoms with Gasteiger partial charge in [-0.15, -0.1) is 11.3 Å². The summed E-state index contributed by atoms with van der Waals surface area (Å²) in [6.45, 7) is 0.389. The van der Waals surface area contributed by atoms with Crippen molar-refractivity contribution in [1.29, 1.82) is 0 Å². The molecule has 4 nitrogen and oxygen atoms in total. The Balaban J connectivity index is 1.64. The number of hydrogen-bond donors (Lipinski definition) is 1. The van der Waals surface area contributed by atoms with Gasteiger partial charge in [0, 0.05) is 11.3 Å². The highest BCUT2D eigenvalue weighted by molar-refractivity contribution is 7.09. The van der Waals surface area contributed by atoms with Crippen LogP contribution in [0.25, 0.3) is 0 Å². The van der Waals surface area contributed by atoms with E-state index in [1.807, 2.05) is 0 Å². The van der Waals surface area contributed by atoms with Crippen LogP contribution < -0.4 is 4.74 Å². The molecule has 1 saturated carbocycles. The third-order valence-electron chi connectivity index (χ3n) is 3.01. The molecule has 19 heavy (non-hydrogen) atoms. The summed E-state index contributed by atoms with van der Waals surface area (Å²) in [4.78, 5) is 15.4. The fourth-order valence-electron chi connectivity index (χ4n) is 1.82. The molecule has 2 aromatic rings. The number of carboxylic acids is 1. The van der Waals surface area contributed by atoms with E-state index in [2.05, 4.69) is 10.4 Å². The number of ether oxygens (including phenoxy) is 1. The van der Waals surface area contributed by atoms with Gasteiger partial charge in [-0.3, -0.25) is 0 Å². The molecule has 5 heteroatoms. The maximum atomic E-state index is 10.8. The second kappa shape index (κ2) is 5.01. The highest BCUT2D eigenvalue weighted by Crippen LogP contribution is 2.40. The Hall–Kier alpha value is -1.88. The molecule has 0 amide bonds. The van der Waals surface area contributed by atoms with Crippen LogP contribution in [0.4, 0.5) is 0 Å². The number of benzene rings is 1. The second-order valence-electron chi connectivity index (χ2n) is 4.56. The first-order valence-corrected chi connectivity index (χ1v) is 7.01. The third kappa shape index (κ3) is 2.93. The standard InChI is InChI=1S/C14H13NO3S/c16-14(17)10-2-1-3-11(6-10)18-7-13-15-12(8-19-13)9-4-5-9/h1-3,6,8-9H,4-5,7H2,(H,16,17). The van der Waals surface area contributed by atoms with Crippen LogP contribution in [0.5, 0.6) is 5.75 Å². The molecule has 0 atom stereocenters. The maximum absolute atomic E-state index is 10.8. The number of thiazole rings is 1. The van der Waals surface area contributed by atoms with E-state index in [9.17, 15) is 4.79 Å². The molecule has 1 heterocycles.